The summed E-state index contributed by atoms with van der Waals surface area (Å²) < 4.78 is 0. The Balaban J connectivity index is 2.35. The van der Waals surface area contributed by atoms with Crippen LogP contribution in [0.2, 0.25) is 0 Å². The quantitative estimate of drug-likeness (QED) is 0.473. The van der Waals surface area contributed by atoms with Crippen molar-refractivity contribution < 1.29 is 15.3 Å². The van der Waals surface area contributed by atoms with Crippen molar-refractivity contribution in [1.82, 2.24) is 0 Å². The monoisotopic (exact) mass is 131 g/mol. The molecular weight excluding hydrogens is 120 g/mol. The molecule has 1 fully saturated rings. The summed E-state index contributed by atoms with van der Waals surface area (Å²) in [7, 11) is 0. The fourth-order valence-electron chi connectivity index (χ4n) is 1.09. The van der Waals surface area contributed by atoms with E-state index in [2.05, 4.69) is 0 Å². The van der Waals surface area contributed by atoms with Gasteiger partial charge in [0.25, 0.3) is 0 Å². The van der Waals surface area contributed by atoms with Crippen molar-refractivity contribution in [2.75, 3.05) is 0 Å². The molecule has 0 spiro atoms. The molecule has 1 radical (unpaired) electrons. The van der Waals surface area contributed by atoms with Crippen LogP contribution in [0.5, 0.6) is 0 Å². The van der Waals surface area contributed by atoms with Gasteiger partial charge in [-0.25, -0.2) is 5.11 Å². The second kappa shape index (κ2) is 2.64. The first-order valence-corrected chi connectivity index (χ1v) is 3.22. The van der Waals surface area contributed by atoms with Gasteiger partial charge in [-0.05, 0) is 12.8 Å². The van der Waals surface area contributed by atoms with Gasteiger partial charge in [0.1, 0.15) is 0 Å². The van der Waals surface area contributed by atoms with Crippen molar-refractivity contribution >= 4 is 0 Å². The summed E-state index contributed by atoms with van der Waals surface area (Å²) in [6, 6.07) is 0. The predicted octanol–water partition coefficient (Wildman–Crippen LogP) is -0.309. The van der Waals surface area contributed by atoms with E-state index < -0.39 is 18.3 Å². The summed E-state index contributed by atoms with van der Waals surface area (Å²) in [5.74, 6) is 0. The molecule has 0 heterocycles. The highest BCUT2D eigenvalue weighted by atomic mass is 16.3. The van der Waals surface area contributed by atoms with Gasteiger partial charge in [0.2, 0.25) is 0 Å². The van der Waals surface area contributed by atoms with Gasteiger partial charge >= 0.3 is 0 Å². The third-order valence-electron chi connectivity index (χ3n) is 1.73. The SMILES string of the molecule is [O]C1CCC(O)C(O)C1. The Labute approximate surface area is 53.9 Å². The number of aliphatic hydroxyl groups is 2. The van der Waals surface area contributed by atoms with Crippen molar-refractivity contribution in [2.45, 2.75) is 37.6 Å². The highest BCUT2D eigenvalue weighted by Gasteiger charge is 2.26. The zero-order valence-corrected chi connectivity index (χ0v) is 5.16. The molecule has 9 heavy (non-hydrogen) atoms. The standard InChI is InChI=1S/C6H11O3/c7-4-1-2-5(8)6(9)3-4/h4-6,8-9H,1-3H2. The van der Waals surface area contributed by atoms with Crippen molar-refractivity contribution in [1.29, 1.82) is 0 Å². The largest absolute Gasteiger partial charge is 0.390 e. The first-order valence-electron chi connectivity index (χ1n) is 3.22. The lowest BCUT2D eigenvalue weighted by Gasteiger charge is -2.25. The Bertz CT molecular complexity index is 94.3. The van der Waals surface area contributed by atoms with Gasteiger partial charge in [0.05, 0.1) is 18.3 Å². The maximum Gasteiger partial charge on any atom is 0.0956 e. The van der Waals surface area contributed by atoms with Gasteiger partial charge in [-0.2, -0.15) is 0 Å². The number of hydrogen-bond donors (Lipinski definition) is 2. The van der Waals surface area contributed by atoms with Gasteiger partial charge in [-0.15, -0.1) is 0 Å². The molecule has 2 N–H and O–H groups in total. The number of hydrogen-bond acceptors (Lipinski definition) is 2. The molecule has 3 heteroatoms. The van der Waals surface area contributed by atoms with Gasteiger partial charge < -0.3 is 10.2 Å². The first kappa shape index (κ1) is 6.99. The lowest BCUT2D eigenvalue weighted by atomic mass is 9.93. The maximum atomic E-state index is 10.6. The third kappa shape index (κ3) is 1.64. The second-order valence-corrected chi connectivity index (χ2v) is 2.57. The summed E-state index contributed by atoms with van der Waals surface area (Å²) >= 11 is 0. The van der Waals surface area contributed by atoms with E-state index in [0.29, 0.717) is 12.8 Å². The molecule has 53 valence electrons. The van der Waals surface area contributed by atoms with Crippen LogP contribution in [0.1, 0.15) is 19.3 Å². The average molecular weight is 131 g/mol. The minimum atomic E-state index is -0.777. The molecule has 1 aliphatic rings. The minimum Gasteiger partial charge on any atom is -0.390 e. The molecule has 0 aromatic heterocycles. The summed E-state index contributed by atoms with van der Waals surface area (Å²) in [5.41, 5.74) is 0. The number of rotatable bonds is 0. The molecule has 0 aromatic carbocycles. The molecule has 1 rings (SSSR count). The Kier molecular flexibility index (Phi) is 2.05. The van der Waals surface area contributed by atoms with Crippen molar-refractivity contribution in [3.63, 3.8) is 0 Å². The van der Waals surface area contributed by atoms with Gasteiger partial charge in [0.15, 0.2) is 0 Å². The smallest absolute Gasteiger partial charge is 0.0956 e. The van der Waals surface area contributed by atoms with E-state index in [9.17, 15) is 5.11 Å². The fourth-order valence-corrected chi connectivity index (χ4v) is 1.09. The van der Waals surface area contributed by atoms with Crippen molar-refractivity contribution in [2.24, 2.45) is 0 Å². The molecule has 3 unspecified atom stereocenters. The fraction of sp³-hybridized carbons (Fsp3) is 1.00. The van der Waals surface area contributed by atoms with Crippen LogP contribution >= 0.6 is 0 Å². The maximum absolute atomic E-state index is 10.6. The lowest BCUT2D eigenvalue weighted by molar-refractivity contribution is -0.0682. The van der Waals surface area contributed by atoms with E-state index >= 15 is 0 Å². The van der Waals surface area contributed by atoms with E-state index in [4.69, 9.17) is 10.2 Å². The van der Waals surface area contributed by atoms with Gasteiger partial charge in [-0.3, -0.25) is 0 Å². The average Bonchev–Trinajstić information content (AvgIpc) is 1.80. The molecule has 1 saturated carbocycles. The Morgan fingerprint density at radius 1 is 1.11 bits per heavy atom. The van der Waals surface area contributed by atoms with E-state index in [1.165, 1.54) is 0 Å². The Morgan fingerprint density at radius 2 is 1.78 bits per heavy atom. The van der Waals surface area contributed by atoms with Crippen LogP contribution in [0.25, 0.3) is 0 Å². The molecule has 0 amide bonds. The summed E-state index contributed by atoms with van der Waals surface area (Å²) in [4.78, 5) is 0. The molecule has 0 saturated heterocycles. The predicted molar refractivity (Wildman–Crippen MR) is 30.3 cm³/mol. The van der Waals surface area contributed by atoms with Crippen LogP contribution < -0.4 is 0 Å². The molecule has 0 aliphatic heterocycles. The minimum absolute atomic E-state index is 0.209. The Morgan fingerprint density at radius 3 is 2.22 bits per heavy atom. The Hall–Kier alpha value is -0.120. The summed E-state index contributed by atoms with van der Waals surface area (Å²) in [5, 5.41) is 28.4. The molecule has 1 aliphatic carbocycles. The summed E-state index contributed by atoms with van der Waals surface area (Å²) in [6.45, 7) is 0. The van der Waals surface area contributed by atoms with E-state index in [0.717, 1.165) is 0 Å². The lowest BCUT2D eigenvalue weighted by Crippen LogP contribution is -2.35. The third-order valence-corrected chi connectivity index (χ3v) is 1.73. The molecular formula is C6H11O3. The van der Waals surface area contributed by atoms with Gasteiger partial charge in [-0.1, -0.05) is 0 Å². The molecule has 3 atom stereocenters. The van der Waals surface area contributed by atoms with Crippen molar-refractivity contribution in [3.8, 4) is 0 Å². The van der Waals surface area contributed by atoms with Crippen molar-refractivity contribution in [3.05, 3.63) is 0 Å². The van der Waals surface area contributed by atoms with E-state index in [-0.39, 0.29) is 6.42 Å². The van der Waals surface area contributed by atoms with Gasteiger partial charge in [0, 0.05) is 6.42 Å². The van der Waals surface area contributed by atoms with E-state index in [1.54, 1.807) is 0 Å². The second-order valence-electron chi connectivity index (χ2n) is 2.57. The van der Waals surface area contributed by atoms with Crippen LogP contribution in [-0.2, 0) is 5.11 Å². The van der Waals surface area contributed by atoms with Crippen LogP contribution in [0.4, 0.5) is 0 Å². The van der Waals surface area contributed by atoms with E-state index in [1.807, 2.05) is 0 Å². The summed E-state index contributed by atoms with van der Waals surface area (Å²) in [6.07, 6.45) is -0.936. The normalized spacial score (nSPS) is 45.0. The molecule has 3 nitrogen and oxygen atoms in total. The first-order chi connectivity index (χ1) is 4.20. The molecule has 0 bridgehead atoms. The topological polar surface area (TPSA) is 60.4 Å². The van der Waals surface area contributed by atoms with Crippen LogP contribution in [0.15, 0.2) is 0 Å². The highest BCUT2D eigenvalue weighted by Crippen LogP contribution is 2.18. The van der Waals surface area contributed by atoms with Crippen LogP contribution in [0.3, 0.4) is 0 Å². The zero-order chi connectivity index (χ0) is 6.85. The zero-order valence-electron chi connectivity index (χ0n) is 5.16. The van der Waals surface area contributed by atoms with Crippen LogP contribution in [0, 0.1) is 0 Å². The molecule has 0 aromatic rings. The van der Waals surface area contributed by atoms with Crippen LogP contribution in [-0.4, -0.2) is 28.5 Å². The number of aliphatic hydroxyl groups excluding tert-OH is 2. The highest BCUT2D eigenvalue weighted by molar-refractivity contribution is 4.77.